The number of aromatic nitrogens is 1. The van der Waals surface area contributed by atoms with Crippen LogP contribution in [0.25, 0.3) is 11.1 Å². The molecule has 0 aliphatic carbocycles. The lowest BCUT2D eigenvalue weighted by Crippen LogP contribution is -1.86. The molecule has 0 aliphatic heterocycles. The molecule has 0 amide bonds. The second-order valence-corrected chi connectivity index (χ2v) is 3.69. The van der Waals surface area contributed by atoms with Crippen LogP contribution in [-0.4, -0.2) is 10.2 Å². The van der Waals surface area contributed by atoms with Crippen LogP contribution in [0, 0.1) is 3.90 Å². The van der Waals surface area contributed by atoms with Crippen molar-refractivity contribution in [1.82, 2.24) is 4.98 Å². The van der Waals surface area contributed by atoms with Crippen molar-refractivity contribution >= 4 is 50.5 Å². The minimum Gasteiger partial charge on any atom is -0.432 e. The summed E-state index contributed by atoms with van der Waals surface area (Å²) < 4.78 is 5.77. The van der Waals surface area contributed by atoms with Gasteiger partial charge in [0, 0.05) is 28.2 Å². The van der Waals surface area contributed by atoms with Crippen molar-refractivity contribution in [3.63, 3.8) is 0 Å². The Morgan fingerprint density at radius 2 is 2.31 bits per heavy atom. The summed E-state index contributed by atoms with van der Waals surface area (Å²) in [6.45, 7) is 0. The highest BCUT2D eigenvalue weighted by molar-refractivity contribution is 14.1. The smallest absolute Gasteiger partial charge is 0.258 e. The molecule has 13 heavy (non-hydrogen) atoms. The van der Waals surface area contributed by atoms with E-state index in [1.807, 2.05) is 22.6 Å². The Morgan fingerprint density at radius 3 is 3.00 bits per heavy atom. The number of hydrogen-bond donors (Lipinski definition) is 0. The van der Waals surface area contributed by atoms with E-state index in [2.05, 4.69) is 4.98 Å². The van der Waals surface area contributed by atoms with E-state index in [0.29, 0.717) is 20.6 Å². The Kier molecular flexibility index (Phi) is 2.25. The number of carbonyl (C=O) groups excluding carboxylic acids is 1. The molecule has 0 radical (unpaired) electrons. The van der Waals surface area contributed by atoms with E-state index in [1.54, 1.807) is 18.2 Å². The van der Waals surface area contributed by atoms with Gasteiger partial charge in [0.25, 0.3) is 9.14 Å². The van der Waals surface area contributed by atoms with Gasteiger partial charge in [-0.15, -0.1) is 0 Å². The van der Waals surface area contributed by atoms with Crippen LogP contribution in [0.3, 0.4) is 0 Å². The summed E-state index contributed by atoms with van der Waals surface area (Å²) in [5, 5.41) is -0.486. The van der Waals surface area contributed by atoms with Gasteiger partial charge in [-0.3, -0.25) is 4.79 Å². The second-order valence-electron chi connectivity index (χ2n) is 2.42. The molecule has 2 rings (SSSR count). The van der Waals surface area contributed by atoms with Crippen LogP contribution >= 0.6 is 34.2 Å². The van der Waals surface area contributed by atoms with Gasteiger partial charge < -0.3 is 4.42 Å². The standard InChI is InChI=1S/C8H3ClINO2/c9-7(12)4-1-2-6-5(3-4)11-8(10)13-6/h1-3H. The van der Waals surface area contributed by atoms with Crippen molar-refractivity contribution in [2.45, 2.75) is 0 Å². The second kappa shape index (κ2) is 3.26. The first-order valence-corrected chi connectivity index (χ1v) is 4.88. The number of halogens is 2. The zero-order valence-corrected chi connectivity index (χ0v) is 9.17. The van der Waals surface area contributed by atoms with Gasteiger partial charge in [0.05, 0.1) is 0 Å². The van der Waals surface area contributed by atoms with Crippen LogP contribution in [0.15, 0.2) is 22.6 Å². The molecule has 1 heterocycles. The average Bonchev–Trinajstić information content (AvgIpc) is 2.42. The number of hydrogen-bond acceptors (Lipinski definition) is 3. The predicted octanol–water partition coefficient (Wildman–Crippen LogP) is 2.81. The highest BCUT2D eigenvalue weighted by atomic mass is 127. The van der Waals surface area contributed by atoms with Gasteiger partial charge in [0.2, 0.25) is 0 Å². The quantitative estimate of drug-likeness (QED) is 0.601. The topological polar surface area (TPSA) is 43.1 Å². The fourth-order valence-corrected chi connectivity index (χ4v) is 1.64. The number of fused-ring (bicyclic) bond motifs is 1. The fourth-order valence-electron chi connectivity index (χ4n) is 1.02. The third kappa shape index (κ3) is 1.68. The Bertz CT molecular complexity index is 480. The van der Waals surface area contributed by atoms with Crippen molar-refractivity contribution in [2.24, 2.45) is 0 Å². The number of rotatable bonds is 1. The Labute approximate surface area is 92.2 Å². The summed E-state index contributed by atoms with van der Waals surface area (Å²) in [5.41, 5.74) is 1.74. The van der Waals surface area contributed by atoms with Crippen molar-refractivity contribution in [1.29, 1.82) is 0 Å². The van der Waals surface area contributed by atoms with Gasteiger partial charge >= 0.3 is 0 Å². The Hall–Kier alpha value is -0.620. The van der Waals surface area contributed by atoms with Crippen LogP contribution in [-0.2, 0) is 0 Å². The minimum atomic E-state index is -0.486. The predicted molar refractivity (Wildman–Crippen MR) is 56.9 cm³/mol. The fraction of sp³-hybridized carbons (Fsp3) is 0. The Morgan fingerprint density at radius 1 is 1.54 bits per heavy atom. The lowest BCUT2D eigenvalue weighted by Gasteiger charge is -1.90. The van der Waals surface area contributed by atoms with Crippen molar-refractivity contribution in [2.75, 3.05) is 0 Å². The molecule has 5 heteroatoms. The first kappa shape index (κ1) is 8.96. The third-order valence-corrected chi connectivity index (χ3v) is 2.27. The molecule has 0 fully saturated rings. The molecule has 0 aliphatic rings. The number of carbonyl (C=O) groups is 1. The maximum Gasteiger partial charge on any atom is 0.258 e. The zero-order chi connectivity index (χ0) is 9.42. The van der Waals surface area contributed by atoms with Crippen LogP contribution in [0.4, 0.5) is 0 Å². The maximum atomic E-state index is 10.8. The van der Waals surface area contributed by atoms with E-state index in [-0.39, 0.29) is 0 Å². The van der Waals surface area contributed by atoms with Gasteiger partial charge in [0.1, 0.15) is 5.52 Å². The van der Waals surface area contributed by atoms with E-state index in [0.717, 1.165) is 0 Å². The molecule has 1 aromatic carbocycles. The van der Waals surface area contributed by atoms with Gasteiger partial charge in [-0.2, -0.15) is 0 Å². The summed E-state index contributed by atoms with van der Waals surface area (Å²) in [4.78, 5) is 14.9. The molecular formula is C8H3ClINO2. The SMILES string of the molecule is O=C(Cl)c1ccc2oc(I)nc2c1. The molecule has 0 spiro atoms. The summed E-state index contributed by atoms with van der Waals surface area (Å²) in [6.07, 6.45) is 0. The minimum absolute atomic E-state index is 0.430. The van der Waals surface area contributed by atoms with Crippen LogP contribution in [0.5, 0.6) is 0 Å². The van der Waals surface area contributed by atoms with Gasteiger partial charge in [-0.1, -0.05) is 0 Å². The highest BCUT2D eigenvalue weighted by Gasteiger charge is 2.06. The Balaban J connectivity index is 2.67. The average molecular weight is 307 g/mol. The molecule has 2 aromatic rings. The summed E-state index contributed by atoms with van der Waals surface area (Å²) in [6, 6.07) is 4.90. The zero-order valence-electron chi connectivity index (χ0n) is 6.25. The van der Waals surface area contributed by atoms with Gasteiger partial charge in [-0.25, -0.2) is 4.98 Å². The molecule has 0 N–H and O–H groups in total. The third-order valence-electron chi connectivity index (χ3n) is 1.59. The highest BCUT2D eigenvalue weighted by Crippen LogP contribution is 2.18. The van der Waals surface area contributed by atoms with Crippen molar-refractivity contribution in [3.8, 4) is 0 Å². The molecule has 0 atom stereocenters. The largest absolute Gasteiger partial charge is 0.432 e. The van der Waals surface area contributed by atoms with Gasteiger partial charge in [0.15, 0.2) is 5.58 Å². The van der Waals surface area contributed by atoms with E-state index >= 15 is 0 Å². The number of oxazole rings is 1. The summed E-state index contributed by atoms with van der Waals surface area (Å²) in [5.74, 6) is 0. The van der Waals surface area contributed by atoms with E-state index in [1.165, 1.54) is 0 Å². The van der Waals surface area contributed by atoms with E-state index < -0.39 is 5.24 Å². The van der Waals surface area contributed by atoms with Crippen molar-refractivity contribution < 1.29 is 9.21 Å². The summed E-state index contributed by atoms with van der Waals surface area (Å²) in [7, 11) is 0. The molecule has 3 nitrogen and oxygen atoms in total. The lowest BCUT2D eigenvalue weighted by molar-refractivity contribution is 0.108. The monoisotopic (exact) mass is 307 g/mol. The lowest BCUT2D eigenvalue weighted by atomic mass is 10.2. The van der Waals surface area contributed by atoms with Crippen molar-refractivity contribution in [3.05, 3.63) is 27.7 Å². The normalized spacial score (nSPS) is 10.6. The van der Waals surface area contributed by atoms with Crippen LogP contribution < -0.4 is 0 Å². The molecular weight excluding hydrogens is 304 g/mol. The van der Waals surface area contributed by atoms with Crippen LogP contribution in [0.2, 0.25) is 0 Å². The number of benzene rings is 1. The summed E-state index contributed by atoms with van der Waals surface area (Å²) >= 11 is 7.28. The van der Waals surface area contributed by atoms with E-state index in [4.69, 9.17) is 16.0 Å². The molecule has 0 saturated heterocycles. The molecule has 0 unspecified atom stereocenters. The first-order chi connectivity index (χ1) is 6.16. The molecule has 66 valence electrons. The number of nitrogens with zero attached hydrogens (tertiary/aromatic N) is 1. The molecule has 0 saturated carbocycles. The van der Waals surface area contributed by atoms with Crippen LogP contribution in [0.1, 0.15) is 10.4 Å². The van der Waals surface area contributed by atoms with E-state index in [9.17, 15) is 4.79 Å². The molecule has 0 bridgehead atoms. The first-order valence-electron chi connectivity index (χ1n) is 3.43. The molecule has 1 aromatic heterocycles. The van der Waals surface area contributed by atoms with Gasteiger partial charge in [-0.05, 0) is 29.8 Å². The maximum absolute atomic E-state index is 10.8.